The lowest BCUT2D eigenvalue weighted by Crippen LogP contribution is -2.48. The lowest BCUT2D eigenvalue weighted by atomic mass is 9.93. The zero-order valence-electron chi connectivity index (χ0n) is 13.8. The van der Waals surface area contributed by atoms with Crippen molar-refractivity contribution in [3.05, 3.63) is 48.3 Å². The maximum absolute atomic E-state index is 12.3. The first-order chi connectivity index (χ1) is 12.2. The van der Waals surface area contributed by atoms with Crippen LogP contribution < -0.4 is 5.32 Å². The van der Waals surface area contributed by atoms with Gasteiger partial charge in [-0.25, -0.2) is 27.2 Å². The van der Waals surface area contributed by atoms with E-state index < -0.39 is 27.7 Å². The maximum Gasteiger partial charge on any atom is 0.341 e. The Morgan fingerprint density at radius 1 is 1.35 bits per heavy atom. The molecule has 2 N–H and O–H groups in total. The van der Waals surface area contributed by atoms with Gasteiger partial charge in [-0.3, -0.25) is 0 Å². The van der Waals surface area contributed by atoms with Crippen molar-refractivity contribution in [3.8, 4) is 0 Å². The van der Waals surface area contributed by atoms with Crippen LogP contribution >= 0.6 is 0 Å². The summed E-state index contributed by atoms with van der Waals surface area (Å²) in [6.07, 6.45) is 4.93. The molecule has 11 heteroatoms. The summed E-state index contributed by atoms with van der Waals surface area (Å²) >= 11 is 0. The SMILES string of the molecule is CS(=O)(=O)N1CCN(C(=O)NCC(O)(c2ccoc2)c2ccco2)C1=O. The van der Waals surface area contributed by atoms with Crippen LogP contribution in [0.4, 0.5) is 9.59 Å². The summed E-state index contributed by atoms with van der Waals surface area (Å²) in [6.45, 7) is -0.514. The third-order valence-corrected chi connectivity index (χ3v) is 5.18. The van der Waals surface area contributed by atoms with Crippen molar-refractivity contribution in [1.29, 1.82) is 0 Å². The number of rotatable bonds is 5. The van der Waals surface area contributed by atoms with Crippen molar-refractivity contribution in [2.75, 3.05) is 25.9 Å². The van der Waals surface area contributed by atoms with Crippen molar-refractivity contribution in [3.63, 3.8) is 0 Å². The van der Waals surface area contributed by atoms with Gasteiger partial charge in [0.15, 0.2) is 5.60 Å². The Hall–Kier alpha value is -2.79. The molecule has 0 radical (unpaired) electrons. The normalized spacial score (nSPS) is 17.4. The first-order valence-corrected chi connectivity index (χ1v) is 9.44. The summed E-state index contributed by atoms with van der Waals surface area (Å²) in [5, 5.41) is 13.4. The summed E-state index contributed by atoms with van der Waals surface area (Å²) in [5.41, 5.74) is -1.37. The van der Waals surface area contributed by atoms with E-state index in [9.17, 15) is 23.1 Å². The third kappa shape index (κ3) is 3.18. The molecule has 1 aliphatic rings. The summed E-state index contributed by atoms with van der Waals surface area (Å²) in [6, 6.07) is 2.87. The monoisotopic (exact) mass is 383 g/mol. The summed E-state index contributed by atoms with van der Waals surface area (Å²) < 4.78 is 33.9. The molecule has 0 aromatic carbocycles. The van der Waals surface area contributed by atoms with Crippen molar-refractivity contribution >= 4 is 22.1 Å². The quantitative estimate of drug-likeness (QED) is 0.769. The molecule has 0 bridgehead atoms. The fourth-order valence-corrected chi connectivity index (χ4v) is 3.45. The molecule has 3 heterocycles. The molecular formula is C15H17N3O7S. The van der Waals surface area contributed by atoms with Crippen LogP contribution in [-0.4, -0.2) is 60.7 Å². The molecule has 2 aromatic heterocycles. The Bertz CT molecular complexity index is 856. The second-order valence-electron chi connectivity index (χ2n) is 5.78. The van der Waals surface area contributed by atoms with Crippen molar-refractivity contribution < 1.29 is 31.9 Å². The highest BCUT2D eigenvalue weighted by Crippen LogP contribution is 2.30. The molecule has 10 nitrogen and oxygen atoms in total. The fraction of sp³-hybridized carbons (Fsp3) is 0.333. The molecule has 1 saturated heterocycles. The highest BCUT2D eigenvalue weighted by atomic mass is 32.2. The predicted octanol–water partition coefficient (Wildman–Crippen LogP) is 0.515. The van der Waals surface area contributed by atoms with Gasteiger partial charge in [-0.2, -0.15) is 0 Å². The Kier molecular flexibility index (Phi) is 4.50. The van der Waals surface area contributed by atoms with E-state index in [0.717, 1.165) is 11.2 Å². The summed E-state index contributed by atoms with van der Waals surface area (Å²) in [5.74, 6) is 0.171. The van der Waals surface area contributed by atoms with Crippen LogP contribution in [0.5, 0.6) is 0 Å². The van der Waals surface area contributed by atoms with Crippen LogP contribution in [0.15, 0.2) is 45.8 Å². The summed E-state index contributed by atoms with van der Waals surface area (Å²) in [4.78, 5) is 25.2. The molecule has 1 aliphatic heterocycles. The van der Waals surface area contributed by atoms with Gasteiger partial charge in [0.1, 0.15) is 5.76 Å². The molecule has 0 saturated carbocycles. The number of hydrogen-bond donors (Lipinski definition) is 2. The van der Waals surface area contributed by atoms with Crippen LogP contribution in [-0.2, 0) is 15.6 Å². The average Bonchev–Trinajstić information content (AvgIpc) is 3.31. The minimum absolute atomic E-state index is 0.0807. The number of furan rings is 2. The highest BCUT2D eigenvalue weighted by Gasteiger charge is 2.40. The number of aliphatic hydroxyl groups is 1. The molecular weight excluding hydrogens is 366 g/mol. The van der Waals surface area contributed by atoms with E-state index in [1.807, 2.05) is 0 Å². The third-order valence-electron chi connectivity index (χ3n) is 4.04. The van der Waals surface area contributed by atoms with Gasteiger partial charge >= 0.3 is 12.1 Å². The van der Waals surface area contributed by atoms with Crippen LogP contribution in [0.2, 0.25) is 0 Å². The van der Waals surface area contributed by atoms with Gasteiger partial charge < -0.3 is 19.3 Å². The number of nitrogens with one attached hydrogen (secondary N) is 1. The van der Waals surface area contributed by atoms with E-state index in [1.165, 1.54) is 30.9 Å². The minimum Gasteiger partial charge on any atom is -0.472 e. The number of urea groups is 2. The lowest BCUT2D eigenvalue weighted by Gasteiger charge is -2.26. The number of imide groups is 1. The molecule has 1 atom stereocenters. The molecule has 1 fully saturated rings. The number of hydrogen-bond acceptors (Lipinski definition) is 7. The second kappa shape index (κ2) is 6.50. The zero-order valence-corrected chi connectivity index (χ0v) is 14.6. The topological polar surface area (TPSA) is 133 Å². The van der Waals surface area contributed by atoms with E-state index in [1.54, 1.807) is 6.07 Å². The molecule has 0 spiro atoms. The molecule has 26 heavy (non-hydrogen) atoms. The van der Waals surface area contributed by atoms with Crippen LogP contribution in [0.3, 0.4) is 0 Å². The van der Waals surface area contributed by atoms with Gasteiger partial charge in [0, 0.05) is 5.56 Å². The Morgan fingerprint density at radius 3 is 2.65 bits per heavy atom. The van der Waals surface area contributed by atoms with Crippen molar-refractivity contribution in [1.82, 2.24) is 14.5 Å². The fourth-order valence-electron chi connectivity index (χ4n) is 2.66. The predicted molar refractivity (Wildman–Crippen MR) is 87.5 cm³/mol. The molecule has 2 aromatic rings. The van der Waals surface area contributed by atoms with E-state index in [-0.39, 0.29) is 25.4 Å². The molecule has 4 amide bonds. The smallest absolute Gasteiger partial charge is 0.341 e. The maximum atomic E-state index is 12.3. The first kappa shape index (κ1) is 18.0. The average molecular weight is 383 g/mol. The van der Waals surface area contributed by atoms with Gasteiger partial charge in [-0.05, 0) is 18.2 Å². The number of carbonyl (C=O) groups is 2. The number of sulfonamides is 1. The van der Waals surface area contributed by atoms with Crippen LogP contribution in [0.1, 0.15) is 11.3 Å². The lowest BCUT2D eigenvalue weighted by molar-refractivity contribution is 0.0571. The largest absolute Gasteiger partial charge is 0.472 e. The Balaban J connectivity index is 1.75. The Labute approximate surface area is 149 Å². The highest BCUT2D eigenvalue weighted by molar-refractivity contribution is 7.88. The van der Waals surface area contributed by atoms with E-state index >= 15 is 0 Å². The van der Waals surface area contributed by atoms with Gasteiger partial charge in [-0.15, -0.1) is 0 Å². The van der Waals surface area contributed by atoms with Gasteiger partial charge in [0.2, 0.25) is 10.0 Å². The van der Waals surface area contributed by atoms with Gasteiger partial charge in [-0.1, -0.05) is 0 Å². The minimum atomic E-state index is -3.75. The van der Waals surface area contributed by atoms with Gasteiger partial charge in [0.05, 0.1) is 44.7 Å². The molecule has 140 valence electrons. The zero-order chi connectivity index (χ0) is 18.9. The van der Waals surface area contributed by atoms with E-state index in [0.29, 0.717) is 9.87 Å². The van der Waals surface area contributed by atoms with Crippen molar-refractivity contribution in [2.45, 2.75) is 5.60 Å². The molecule has 3 rings (SSSR count). The standard InChI is InChI=1S/C15H17N3O7S/c1-26(22,23)18-6-5-17(14(18)20)13(19)16-10-15(21,11-4-8-24-9-11)12-3-2-7-25-12/h2-4,7-9,21H,5-6,10H2,1H3,(H,16,19). The first-order valence-electron chi connectivity index (χ1n) is 7.59. The number of nitrogens with zero attached hydrogens (tertiary/aromatic N) is 2. The number of carbonyl (C=O) groups excluding carboxylic acids is 2. The number of amides is 4. The van der Waals surface area contributed by atoms with Gasteiger partial charge in [0.25, 0.3) is 0 Å². The van der Waals surface area contributed by atoms with E-state index in [2.05, 4.69) is 5.32 Å². The molecule has 1 unspecified atom stereocenters. The summed E-state index contributed by atoms with van der Waals surface area (Å²) in [7, 11) is -3.75. The van der Waals surface area contributed by atoms with Crippen LogP contribution in [0.25, 0.3) is 0 Å². The second-order valence-corrected chi connectivity index (χ2v) is 7.68. The van der Waals surface area contributed by atoms with Crippen molar-refractivity contribution in [2.24, 2.45) is 0 Å². The van der Waals surface area contributed by atoms with E-state index in [4.69, 9.17) is 8.83 Å². The molecule has 0 aliphatic carbocycles. The Morgan fingerprint density at radius 2 is 2.12 bits per heavy atom. The van der Waals surface area contributed by atoms with Crippen LogP contribution in [0, 0.1) is 0 Å².